The van der Waals surface area contributed by atoms with Crippen LogP contribution in [0.1, 0.15) is 51.7 Å². The van der Waals surface area contributed by atoms with Gasteiger partial charge < -0.3 is 15.4 Å². The zero-order chi connectivity index (χ0) is 17.8. The van der Waals surface area contributed by atoms with E-state index >= 15 is 0 Å². The summed E-state index contributed by atoms with van der Waals surface area (Å²) in [6.45, 7) is 13.9. The smallest absolute Gasteiger partial charge is 0.191 e. The first kappa shape index (κ1) is 20.9. The van der Waals surface area contributed by atoms with Crippen LogP contribution in [0, 0.1) is 5.92 Å². The number of aryl methyl sites for hydroxylation is 1. The molecule has 0 radical (unpaired) electrons. The summed E-state index contributed by atoms with van der Waals surface area (Å²) < 4.78 is 5.78. The molecule has 1 unspecified atom stereocenters. The number of hydrogen-bond acceptors (Lipinski definition) is 4. The van der Waals surface area contributed by atoms with Crippen molar-refractivity contribution >= 4 is 17.3 Å². The van der Waals surface area contributed by atoms with E-state index in [1.54, 1.807) is 11.3 Å². The second-order valence-corrected chi connectivity index (χ2v) is 6.99. The normalized spacial score (nSPS) is 13.3. The number of hydrogen-bond donors (Lipinski definition) is 2. The SMILES string of the molecule is CCNC(=NCCC(OCC)C(C)C)NCCc1csc(CC)n1. The maximum absolute atomic E-state index is 5.78. The first-order valence-electron chi connectivity index (χ1n) is 9.17. The van der Waals surface area contributed by atoms with Gasteiger partial charge in [0.05, 0.1) is 16.8 Å². The van der Waals surface area contributed by atoms with Crippen LogP contribution >= 0.6 is 11.3 Å². The van der Waals surface area contributed by atoms with E-state index in [0.717, 1.165) is 57.2 Å². The van der Waals surface area contributed by atoms with Gasteiger partial charge in [0.1, 0.15) is 0 Å². The molecule has 0 aromatic carbocycles. The Morgan fingerprint density at radius 2 is 2.08 bits per heavy atom. The number of aromatic nitrogens is 1. The molecule has 0 aliphatic rings. The van der Waals surface area contributed by atoms with Crippen molar-refractivity contribution in [1.82, 2.24) is 15.6 Å². The predicted molar refractivity (Wildman–Crippen MR) is 104 cm³/mol. The Bertz CT molecular complexity index is 473. The summed E-state index contributed by atoms with van der Waals surface area (Å²) in [5.74, 6) is 1.40. The minimum Gasteiger partial charge on any atom is -0.378 e. The van der Waals surface area contributed by atoms with E-state index < -0.39 is 0 Å². The lowest BCUT2D eigenvalue weighted by Gasteiger charge is -2.20. The van der Waals surface area contributed by atoms with Crippen molar-refractivity contribution in [2.75, 3.05) is 26.2 Å². The maximum atomic E-state index is 5.78. The van der Waals surface area contributed by atoms with Gasteiger partial charge in [-0.05, 0) is 32.6 Å². The average molecular weight is 355 g/mol. The van der Waals surface area contributed by atoms with Gasteiger partial charge in [0, 0.05) is 38.0 Å². The second-order valence-electron chi connectivity index (χ2n) is 6.05. The first-order valence-corrected chi connectivity index (χ1v) is 10.1. The van der Waals surface area contributed by atoms with Crippen LogP contribution in [0.5, 0.6) is 0 Å². The Morgan fingerprint density at radius 3 is 2.67 bits per heavy atom. The molecule has 1 rings (SSSR count). The number of thiazole rings is 1. The van der Waals surface area contributed by atoms with Crippen molar-refractivity contribution in [3.05, 3.63) is 16.1 Å². The van der Waals surface area contributed by atoms with Crippen LogP contribution in [-0.2, 0) is 17.6 Å². The van der Waals surface area contributed by atoms with Gasteiger partial charge in [0.25, 0.3) is 0 Å². The number of aliphatic imine (C=N–C) groups is 1. The minimum absolute atomic E-state index is 0.282. The Balaban J connectivity index is 2.41. The van der Waals surface area contributed by atoms with Crippen molar-refractivity contribution in [3.8, 4) is 0 Å². The molecule has 0 saturated heterocycles. The molecule has 1 aromatic heterocycles. The third kappa shape index (κ3) is 8.11. The molecule has 0 spiro atoms. The monoisotopic (exact) mass is 354 g/mol. The van der Waals surface area contributed by atoms with Crippen LogP contribution in [-0.4, -0.2) is 43.3 Å². The Kier molecular flexibility index (Phi) is 10.7. The molecule has 1 atom stereocenters. The highest BCUT2D eigenvalue weighted by Gasteiger charge is 2.12. The second kappa shape index (κ2) is 12.3. The molecule has 0 aliphatic heterocycles. The van der Waals surface area contributed by atoms with Crippen molar-refractivity contribution < 1.29 is 4.74 Å². The molecule has 24 heavy (non-hydrogen) atoms. The molecule has 0 saturated carbocycles. The quantitative estimate of drug-likeness (QED) is 0.473. The third-order valence-electron chi connectivity index (χ3n) is 3.73. The molecule has 1 aromatic rings. The molecule has 0 amide bonds. The Morgan fingerprint density at radius 1 is 1.29 bits per heavy atom. The Hall–Kier alpha value is -1.14. The van der Waals surface area contributed by atoms with Crippen molar-refractivity contribution in [3.63, 3.8) is 0 Å². The molecule has 1 heterocycles. The summed E-state index contributed by atoms with van der Waals surface area (Å²) in [4.78, 5) is 9.27. The maximum Gasteiger partial charge on any atom is 0.191 e. The molecular weight excluding hydrogens is 320 g/mol. The molecule has 0 aliphatic carbocycles. The summed E-state index contributed by atoms with van der Waals surface area (Å²) in [7, 11) is 0. The summed E-state index contributed by atoms with van der Waals surface area (Å²) in [5.41, 5.74) is 1.16. The van der Waals surface area contributed by atoms with Crippen LogP contribution in [0.25, 0.3) is 0 Å². The molecule has 2 N–H and O–H groups in total. The third-order valence-corrected chi connectivity index (χ3v) is 4.77. The van der Waals surface area contributed by atoms with Gasteiger partial charge in [-0.15, -0.1) is 11.3 Å². The molecule has 5 nitrogen and oxygen atoms in total. The highest BCUT2D eigenvalue weighted by Crippen LogP contribution is 2.11. The van der Waals surface area contributed by atoms with E-state index in [1.807, 2.05) is 6.92 Å². The van der Waals surface area contributed by atoms with Crippen molar-refractivity contribution in [1.29, 1.82) is 0 Å². The van der Waals surface area contributed by atoms with Gasteiger partial charge in [0.2, 0.25) is 0 Å². The van der Waals surface area contributed by atoms with Crippen LogP contribution in [0.3, 0.4) is 0 Å². The highest BCUT2D eigenvalue weighted by atomic mass is 32.1. The lowest BCUT2D eigenvalue weighted by atomic mass is 10.0. The fourth-order valence-electron chi connectivity index (χ4n) is 2.40. The van der Waals surface area contributed by atoms with Crippen LogP contribution in [0.4, 0.5) is 0 Å². The zero-order valence-corrected chi connectivity index (χ0v) is 16.7. The van der Waals surface area contributed by atoms with Gasteiger partial charge in [-0.2, -0.15) is 0 Å². The lowest BCUT2D eigenvalue weighted by Crippen LogP contribution is -2.38. The fraction of sp³-hybridized carbons (Fsp3) is 0.778. The first-order chi connectivity index (χ1) is 11.6. The van der Waals surface area contributed by atoms with Gasteiger partial charge in [-0.1, -0.05) is 20.8 Å². The van der Waals surface area contributed by atoms with E-state index in [4.69, 9.17) is 4.74 Å². The van der Waals surface area contributed by atoms with E-state index in [9.17, 15) is 0 Å². The lowest BCUT2D eigenvalue weighted by molar-refractivity contribution is 0.0266. The molecule has 0 fully saturated rings. The Labute approximate surface area is 151 Å². The minimum atomic E-state index is 0.282. The van der Waals surface area contributed by atoms with Crippen LogP contribution in [0.2, 0.25) is 0 Å². The largest absolute Gasteiger partial charge is 0.378 e. The average Bonchev–Trinajstić information content (AvgIpc) is 3.02. The van der Waals surface area contributed by atoms with Crippen molar-refractivity contribution in [2.45, 2.75) is 60.0 Å². The summed E-state index contributed by atoms with van der Waals surface area (Å²) >= 11 is 1.74. The number of guanidine groups is 1. The molecule has 6 heteroatoms. The topological polar surface area (TPSA) is 58.5 Å². The zero-order valence-electron chi connectivity index (χ0n) is 15.9. The standard InChI is InChI=1S/C18H34N4OS/c1-6-17-22-15(13-24-17)9-11-20-18(19-7-2)21-12-10-16(14(4)5)23-8-3/h13-14,16H,6-12H2,1-5H3,(H2,19,20,21). The summed E-state index contributed by atoms with van der Waals surface area (Å²) in [6, 6.07) is 0. The number of nitrogens with zero attached hydrogens (tertiary/aromatic N) is 2. The van der Waals surface area contributed by atoms with Gasteiger partial charge >= 0.3 is 0 Å². The fourth-order valence-corrected chi connectivity index (χ4v) is 3.18. The molecule has 138 valence electrons. The predicted octanol–water partition coefficient (Wildman–Crippen LogP) is 3.25. The number of nitrogens with one attached hydrogen (secondary N) is 2. The summed E-state index contributed by atoms with van der Waals surface area (Å²) in [6.07, 6.45) is 3.17. The summed E-state index contributed by atoms with van der Waals surface area (Å²) in [5, 5.41) is 10.1. The van der Waals surface area contributed by atoms with Gasteiger partial charge in [-0.25, -0.2) is 4.98 Å². The number of ether oxygens (including phenoxy) is 1. The van der Waals surface area contributed by atoms with Gasteiger partial charge in [-0.3, -0.25) is 4.99 Å². The molecular formula is C18H34N4OS. The van der Waals surface area contributed by atoms with Gasteiger partial charge in [0.15, 0.2) is 5.96 Å². The van der Waals surface area contributed by atoms with E-state index in [1.165, 1.54) is 5.01 Å². The van der Waals surface area contributed by atoms with Crippen LogP contribution < -0.4 is 10.6 Å². The van der Waals surface area contributed by atoms with E-state index in [2.05, 4.69) is 53.7 Å². The van der Waals surface area contributed by atoms with E-state index in [0.29, 0.717) is 5.92 Å². The highest BCUT2D eigenvalue weighted by molar-refractivity contribution is 7.09. The molecule has 0 bridgehead atoms. The van der Waals surface area contributed by atoms with Crippen molar-refractivity contribution in [2.24, 2.45) is 10.9 Å². The number of rotatable bonds is 11. The van der Waals surface area contributed by atoms with Crippen LogP contribution in [0.15, 0.2) is 10.4 Å². The van der Waals surface area contributed by atoms with E-state index in [-0.39, 0.29) is 6.10 Å².